The molecule has 0 aliphatic heterocycles. The summed E-state index contributed by atoms with van der Waals surface area (Å²) in [5.41, 5.74) is -0.224. The van der Waals surface area contributed by atoms with Crippen LogP contribution in [0.4, 0.5) is 20.3 Å². The van der Waals surface area contributed by atoms with Crippen LogP contribution in [0, 0.1) is 18.6 Å². The van der Waals surface area contributed by atoms with Crippen LogP contribution in [-0.4, -0.2) is 27.1 Å². The van der Waals surface area contributed by atoms with Crippen LogP contribution < -0.4 is 10.0 Å². The highest BCUT2D eigenvalue weighted by Crippen LogP contribution is 2.23. The van der Waals surface area contributed by atoms with Crippen LogP contribution in [0.5, 0.6) is 0 Å². The lowest BCUT2D eigenvalue weighted by Gasteiger charge is -2.16. The number of hydrogen-bond acceptors (Lipinski definition) is 6. The topological polar surface area (TPSA) is 93.5 Å². The smallest absolute Gasteiger partial charge is 0.263 e. The van der Waals surface area contributed by atoms with Crippen LogP contribution in [0.25, 0.3) is 0 Å². The number of ether oxygens (including phenoxy) is 1. The van der Waals surface area contributed by atoms with Gasteiger partial charge in [0.05, 0.1) is 12.3 Å². The van der Waals surface area contributed by atoms with Crippen LogP contribution in [0.15, 0.2) is 58.0 Å². The number of anilines is 2. The molecule has 1 atom stereocenters. The van der Waals surface area contributed by atoms with E-state index in [9.17, 15) is 17.2 Å². The molecule has 0 bridgehead atoms. The Labute approximate surface area is 166 Å². The van der Waals surface area contributed by atoms with Gasteiger partial charge in [-0.3, -0.25) is 4.72 Å². The fraction of sp³-hybridized carbons (Fsp3) is 0.211. The van der Waals surface area contributed by atoms with E-state index in [0.29, 0.717) is 24.3 Å². The molecular weight excluding hydrogens is 404 g/mol. The van der Waals surface area contributed by atoms with Crippen LogP contribution >= 0.6 is 0 Å². The first-order valence-corrected chi connectivity index (χ1v) is 10.0. The number of hydrogen-bond donors (Lipinski definition) is 2. The molecule has 0 saturated carbocycles. The van der Waals surface area contributed by atoms with E-state index in [1.807, 2.05) is 19.1 Å². The summed E-state index contributed by atoms with van der Waals surface area (Å²) < 4.78 is 64.3. The molecule has 3 rings (SSSR count). The highest BCUT2D eigenvalue weighted by molar-refractivity contribution is 7.92. The Morgan fingerprint density at radius 3 is 2.41 bits per heavy atom. The van der Waals surface area contributed by atoms with Gasteiger partial charge in [0.15, 0.2) is 0 Å². The number of furan rings is 1. The van der Waals surface area contributed by atoms with Crippen molar-refractivity contribution in [2.45, 2.75) is 17.9 Å². The zero-order chi connectivity index (χ0) is 21.0. The largest absolute Gasteiger partial charge is 0.464 e. The second-order valence-electron chi connectivity index (χ2n) is 6.24. The van der Waals surface area contributed by atoms with Gasteiger partial charge >= 0.3 is 0 Å². The van der Waals surface area contributed by atoms with E-state index < -0.39 is 21.7 Å². The van der Waals surface area contributed by atoms with Crippen LogP contribution in [0.1, 0.15) is 17.6 Å². The van der Waals surface area contributed by atoms with Crippen molar-refractivity contribution < 1.29 is 26.4 Å². The first kappa shape index (κ1) is 20.7. The zero-order valence-corrected chi connectivity index (χ0v) is 16.5. The average molecular weight is 423 g/mol. The molecule has 0 aliphatic rings. The Bertz CT molecular complexity index is 1060. The summed E-state index contributed by atoms with van der Waals surface area (Å²) in [7, 11) is -2.52. The molecular formula is C19H19F2N3O4S. The number of pyridine rings is 1. The van der Waals surface area contributed by atoms with Crippen LogP contribution in [-0.2, 0) is 14.8 Å². The molecule has 154 valence electrons. The molecule has 1 unspecified atom stereocenters. The van der Waals surface area contributed by atoms with Gasteiger partial charge in [0.2, 0.25) is 0 Å². The van der Waals surface area contributed by atoms with Gasteiger partial charge in [0.25, 0.3) is 10.0 Å². The Morgan fingerprint density at radius 1 is 1.14 bits per heavy atom. The quantitative estimate of drug-likeness (QED) is 0.572. The van der Waals surface area contributed by atoms with Crippen LogP contribution in [0.3, 0.4) is 0 Å². The van der Waals surface area contributed by atoms with Gasteiger partial charge in [-0.05, 0) is 43.3 Å². The molecule has 7 nitrogen and oxygen atoms in total. The molecule has 0 spiro atoms. The van der Waals surface area contributed by atoms with Crippen molar-refractivity contribution in [3.8, 4) is 0 Å². The first-order valence-electron chi connectivity index (χ1n) is 8.53. The van der Waals surface area contributed by atoms with Gasteiger partial charge in [-0.1, -0.05) is 0 Å². The second-order valence-corrected chi connectivity index (χ2v) is 7.93. The number of benzene rings is 1. The Kier molecular flexibility index (Phi) is 6.14. The molecule has 1 aromatic carbocycles. The molecule has 0 fully saturated rings. The van der Waals surface area contributed by atoms with E-state index in [1.165, 1.54) is 12.1 Å². The minimum absolute atomic E-state index is 0.162. The third kappa shape index (κ3) is 5.30. The minimum Gasteiger partial charge on any atom is -0.464 e. The number of aryl methyl sites for hydroxylation is 1. The predicted molar refractivity (Wildman–Crippen MR) is 103 cm³/mol. The second kappa shape index (κ2) is 8.58. The molecule has 0 saturated heterocycles. The van der Waals surface area contributed by atoms with Gasteiger partial charge in [-0.15, -0.1) is 0 Å². The zero-order valence-electron chi connectivity index (χ0n) is 15.6. The SMILES string of the molecule is COCC(Nc1ccc(S(=O)(=O)Nc2cc(F)cc(F)c2)cn1)c1ccc(C)o1. The summed E-state index contributed by atoms with van der Waals surface area (Å²) in [6, 6.07) is 8.52. The molecule has 0 aliphatic carbocycles. The number of rotatable bonds is 8. The summed E-state index contributed by atoms with van der Waals surface area (Å²) in [5, 5.41) is 3.11. The first-order chi connectivity index (χ1) is 13.8. The van der Waals surface area contributed by atoms with E-state index in [2.05, 4.69) is 15.0 Å². The molecule has 0 radical (unpaired) electrons. The van der Waals surface area contributed by atoms with Crippen molar-refractivity contribution >= 4 is 21.5 Å². The van der Waals surface area contributed by atoms with Gasteiger partial charge in [0.1, 0.15) is 39.9 Å². The molecule has 29 heavy (non-hydrogen) atoms. The van der Waals surface area contributed by atoms with Crippen molar-refractivity contribution in [1.29, 1.82) is 0 Å². The Hall–Kier alpha value is -2.98. The van der Waals surface area contributed by atoms with Gasteiger partial charge < -0.3 is 14.5 Å². The number of halogens is 2. The Balaban J connectivity index is 1.76. The van der Waals surface area contributed by atoms with Gasteiger partial charge in [-0.25, -0.2) is 22.2 Å². The summed E-state index contributed by atoms with van der Waals surface area (Å²) in [4.78, 5) is 3.94. The van der Waals surface area contributed by atoms with Crippen molar-refractivity contribution in [1.82, 2.24) is 4.98 Å². The molecule has 2 aromatic heterocycles. The lowest BCUT2D eigenvalue weighted by atomic mass is 10.2. The Morgan fingerprint density at radius 2 is 1.86 bits per heavy atom. The maximum atomic E-state index is 13.3. The number of nitrogens with one attached hydrogen (secondary N) is 2. The molecule has 0 amide bonds. The maximum absolute atomic E-state index is 13.3. The standard InChI is InChI=1S/C19H19F2N3O4S/c1-12-3-5-18(28-12)17(11-27-2)23-19-6-4-16(10-22-19)29(25,26)24-15-8-13(20)7-14(21)9-15/h3-10,17,24H,11H2,1-2H3,(H,22,23). The third-order valence-corrected chi connectivity index (χ3v) is 5.29. The lowest BCUT2D eigenvalue weighted by Crippen LogP contribution is -2.17. The average Bonchev–Trinajstić information content (AvgIpc) is 3.07. The summed E-state index contributed by atoms with van der Waals surface area (Å²) in [6.45, 7) is 2.13. The van der Waals surface area contributed by atoms with E-state index in [0.717, 1.165) is 24.1 Å². The van der Waals surface area contributed by atoms with Crippen molar-refractivity contribution in [2.75, 3.05) is 23.8 Å². The monoisotopic (exact) mass is 423 g/mol. The van der Waals surface area contributed by atoms with E-state index in [4.69, 9.17) is 9.15 Å². The van der Waals surface area contributed by atoms with Crippen LogP contribution in [0.2, 0.25) is 0 Å². The molecule has 2 heterocycles. The van der Waals surface area contributed by atoms with E-state index in [1.54, 1.807) is 7.11 Å². The number of sulfonamides is 1. The molecule has 3 aromatic rings. The molecule has 10 heteroatoms. The fourth-order valence-electron chi connectivity index (χ4n) is 2.63. The van der Waals surface area contributed by atoms with Gasteiger partial charge in [-0.2, -0.15) is 0 Å². The maximum Gasteiger partial charge on any atom is 0.263 e. The van der Waals surface area contributed by atoms with Gasteiger partial charge in [0, 0.05) is 19.4 Å². The van der Waals surface area contributed by atoms with Crippen molar-refractivity contribution in [2.24, 2.45) is 0 Å². The summed E-state index contributed by atoms with van der Waals surface area (Å²) in [5.74, 6) is 0.0158. The normalized spacial score (nSPS) is 12.6. The molecule has 2 N–H and O–H groups in total. The summed E-state index contributed by atoms with van der Waals surface area (Å²) >= 11 is 0. The highest BCUT2D eigenvalue weighted by atomic mass is 32.2. The van der Waals surface area contributed by atoms with E-state index in [-0.39, 0.29) is 16.6 Å². The third-order valence-electron chi connectivity index (χ3n) is 3.92. The number of aromatic nitrogens is 1. The van der Waals surface area contributed by atoms with Crippen molar-refractivity contribution in [3.63, 3.8) is 0 Å². The highest BCUT2D eigenvalue weighted by Gasteiger charge is 2.18. The van der Waals surface area contributed by atoms with E-state index >= 15 is 0 Å². The number of methoxy groups -OCH3 is 1. The minimum atomic E-state index is -4.07. The lowest BCUT2D eigenvalue weighted by molar-refractivity contribution is 0.178. The number of nitrogens with zero attached hydrogens (tertiary/aromatic N) is 1. The predicted octanol–water partition coefficient (Wildman–Crippen LogP) is 3.86. The summed E-state index contributed by atoms with van der Waals surface area (Å²) in [6.07, 6.45) is 1.14. The van der Waals surface area contributed by atoms with Crippen molar-refractivity contribution in [3.05, 3.63) is 71.8 Å². The fourth-order valence-corrected chi connectivity index (χ4v) is 3.62.